The van der Waals surface area contributed by atoms with Crippen molar-refractivity contribution in [3.63, 3.8) is 0 Å². The van der Waals surface area contributed by atoms with E-state index < -0.39 is 22.4 Å². The van der Waals surface area contributed by atoms with Gasteiger partial charge in [0.2, 0.25) is 0 Å². The molecule has 0 atom stereocenters. The van der Waals surface area contributed by atoms with Gasteiger partial charge in [0.15, 0.2) is 10.9 Å². The van der Waals surface area contributed by atoms with Crippen molar-refractivity contribution in [1.29, 1.82) is 0 Å². The number of methoxy groups -OCH3 is 2. The largest absolute Gasteiger partial charge is 2.00 e. The molecule has 4 radical (unpaired) electrons. The van der Waals surface area contributed by atoms with Crippen LogP contribution in [0.4, 0.5) is 0 Å². The van der Waals surface area contributed by atoms with E-state index in [2.05, 4.69) is 12.1 Å². The van der Waals surface area contributed by atoms with Crippen LogP contribution in [-0.4, -0.2) is 41.5 Å². The second-order valence-electron chi connectivity index (χ2n) is 6.14. The predicted octanol–water partition coefficient (Wildman–Crippen LogP) is 2.85. The first-order valence-electron chi connectivity index (χ1n) is 10.0. The Kier molecular flexibility index (Phi) is 17.7. The van der Waals surface area contributed by atoms with Crippen molar-refractivity contribution in [3.8, 4) is 23.0 Å². The standard InChI is InChI=1S/2C7H6O2.2C7H7O.Pb/c2*8-6-4-2-1-3-5-7(6)9;2*1-8-7-5-3-2-4-6-7;/h2*1-5H,(H,8,9);2*2-5H,1H3;/q;;;;+2/p-2. The summed E-state index contributed by atoms with van der Waals surface area (Å²) in [6.07, 6.45) is 0. The maximum Gasteiger partial charge on any atom is 2.00 e. The van der Waals surface area contributed by atoms with E-state index in [0.717, 1.165) is 11.5 Å². The minimum Gasteiger partial charge on any atom is -0.870 e. The van der Waals surface area contributed by atoms with Gasteiger partial charge in [-0.25, -0.2) is 0 Å². The van der Waals surface area contributed by atoms with Crippen LogP contribution in [0.25, 0.3) is 0 Å². The molecule has 6 nitrogen and oxygen atoms in total. The van der Waals surface area contributed by atoms with Crippen LogP contribution in [-0.2, 0) is 0 Å². The van der Waals surface area contributed by atoms with E-state index >= 15 is 0 Å². The zero-order valence-electron chi connectivity index (χ0n) is 19.3. The molecule has 0 spiro atoms. The fourth-order valence-corrected chi connectivity index (χ4v) is 2.04. The van der Waals surface area contributed by atoms with E-state index in [-0.39, 0.29) is 27.3 Å². The zero-order chi connectivity index (χ0) is 25.0. The Morgan fingerprint density at radius 2 is 0.886 bits per heavy atom. The van der Waals surface area contributed by atoms with Gasteiger partial charge >= 0.3 is 27.3 Å². The Morgan fingerprint density at radius 1 is 0.543 bits per heavy atom. The van der Waals surface area contributed by atoms with Gasteiger partial charge in [-0.1, -0.05) is 96.4 Å². The molecule has 35 heavy (non-hydrogen) atoms. The fourth-order valence-electron chi connectivity index (χ4n) is 2.04. The molecule has 0 amide bonds. The number of hydrogen-bond donors (Lipinski definition) is 0. The molecular formula is C28H24O6Pb. The Bertz CT molecular complexity index is 1090. The molecule has 7 heteroatoms. The van der Waals surface area contributed by atoms with Crippen molar-refractivity contribution < 1.29 is 19.7 Å². The summed E-state index contributed by atoms with van der Waals surface area (Å²) in [7, 11) is 3.26. The third kappa shape index (κ3) is 15.0. The minimum absolute atomic E-state index is 0. The summed E-state index contributed by atoms with van der Waals surface area (Å²) in [6, 6.07) is 35.3. The predicted molar refractivity (Wildman–Crippen MR) is 134 cm³/mol. The Labute approximate surface area is 225 Å². The van der Waals surface area contributed by atoms with Crippen LogP contribution in [0.15, 0.2) is 119 Å². The monoisotopic (exact) mass is 664 g/mol. The van der Waals surface area contributed by atoms with Crippen molar-refractivity contribution in [2.24, 2.45) is 0 Å². The van der Waals surface area contributed by atoms with Gasteiger partial charge in [-0.3, -0.25) is 9.59 Å². The number of para-hydroxylation sites is 2. The van der Waals surface area contributed by atoms with Gasteiger partial charge in [0.05, 0.1) is 14.2 Å². The van der Waals surface area contributed by atoms with Gasteiger partial charge in [0.1, 0.15) is 11.5 Å². The first-order valence-corrected chi connectivity index (χ1v) is 10.0. The maximum atomic E-state index is 10.5. The molecule has 0 aromatic heterocycles. The van der Waals surface area contributed by atoms with Crippen LogP contribution in [0.5, 0.6) is 23.0 Å². The third-order valence-corrected chi connectivity index (χ3v) is 3.72. The second-order valence-corrected chi connectivity index (χ2v) is 6.14. The van der Waals surface area contributed by atoms with Gasteiger partial charge in [-0.2, -0.15) is 0 Å². The quantitative estimate of drug-likeness (QED) is 0.306. The molecule has 4 aromatic carbocycles. The van der Waals surface area contributed by atoms with Crippen molar-refractivity contribution in [2.75, 3.05) is 14.2 Å². The van der Waals surface area contributed by atoms with Crippen molar-refractivity contribution in [3.05, 3.63) is 142 Å². The minimum atomic E-state index is -0.458. The van der Waals surface area contributed by atoms with Crippen LogP contribution in [0.1, 0.15) is 0 Å². The summed E-state index contributed by atoms with van der Waals surface area (Å²) in [6.45, 7) is 0. The van der Waals surface area contributed by atoms with Crippen LogP contribution in [0, 0.1) is 12.1 Å². The van der Waals surface area contributed by atoms with Gasteiger partial charge in [-0.05, 0) is 24.3 Å². The van der Waals surface area contributed by atoms with E-state index in [1.54, 1.807) is 50.6 Å². The second kappa shape index (κ2) is 19.8. The maximum absolute atomic E-state index is 10.5. The van der Waals surface area contributed by atoms with Crippen LogP contribution >= 0.6 is 0 Å². The van der Waals surface area contributed by atoms with Gasteiger partial charge < -0.3 is 19.7 Å². The normalized spacial score (nSPS) is 8.51. The summed E-state index contributed by atoms with van der Waals surface area (Å²) < 4.78 is 9.72. The molecule has 0 saturated heterocycles. The average Bonchev–Trinajstić information content (AvgIpc) is 3.20. The Balaban J connectivity index is 0.000000437. The van der Waals surface area contributed by atoms with E-state index in [9.17, 15) is 19.8 Å². The SMILES string of the molecule is COc1[c]cccc1.COc1[c]cccc1.O=c1cccccc1[O-].O=c1cccccc1[O-].[Pb+2]. The summed E-state index contributed by atoms with van der Waals surface area (Å²) in [5, 5.41) is 21.0. The van der Waals surface area contributed by atoms with E-state index in [4.69, 9.17) is 9.47 Å². The van der Waals surface area contributed by atoms with Crippen molar-refractivity contribution in [2.45, 2.75) is 0 Å². The molecule has 0 aliphatic carbocycles. The number of benzene rings is 2. The molecule has 4 rings (SSSR count). The molecule has 0 aliphatic heterocycles. The Morgan fingerprint density at radius 3 is 1.17 bits per heavy atom. The first kappa shape index (κ1) is 31.3. The van der Waals surface area contributed by atoms with Gasteiger partial charge in [0.25, 0.3) is 0 Å². The molecule has 0 fully saturated rings. The first-order chi connectivity index (χ1) is 16.5. The molecule has 0 bridgehead atoms. The molecule has 176 valence electrons. The molecule has 0 saturated carbocycles. The molecular weight excluding hydrogens is 640 g/mol. The third-order valence-electron chi connectivity index (χ3n) is 3.72. The Hall–Kier alpha value is -3.66. The summed E-state index contributed by atoms with van der Waals surface area (Å²) in [5.41, 5.74) is -0.917. The number of rotatable bonds is 2. The smallest absolute Gasteiger partial charge is 0.870 e. The summed E-state index contributed by atoms with van der Waals surface area (Å²) >= 11 is 0. The van der Waals surface area contributed by atoms with Crippen LogP contribution in [0.2, 0.25) is 0 Å². The van der Waals surface area contributed by atoms with E-state index in [1.165, 1.54) is 24.3 Å². The average molecular weight is 664 g/mol. The summed E-state index contributed by atoms with van der Waals surface area (Å²) in [5.74, 6) is 0.653. The molecule has 0 aliphatic rings. The molecule has 0 heterocycles. The fraction of sp³-hybridized carbons (Fsp3) is 0.0714. The zero-order valence-corrected chi connectivity index (χ0v) is 23.2. The number of ether oxygens (including phenoxy) is 2. The van der Waals surface area contributed by atoms with Gasteiger partial charge in [-0.15, -0.1) is 0 Å². The molecule has 0 unspecified atom stereocenters. The van der Waals surface area contributed by atoms with Crippen molar-refractivity contribution >= 4 is 27.3 Å². The molecule has 0 N–H and O–H groups in total. The van der Waals surface area contributed by atoms with E-state index in [1.807, 2.05) is 48.5 Å². The van der Waals surface area contributed by atoms with Crippen LogP contribution < -0.4 is 30.5 Å². The number of hydrogen-bond acceptors (Lipinski definition) is 6. The molecule has 4 aromatic rings. The van der Waals surface area contributed by atoms with E-state index in [0.29, 0.717) is 0 Å². The van der Waals surface area contributed by atoms with Crippen LogP contribution in [0.3, 0.4) is 0 Å². The van der Waals surface area contributed by atoms with Gasteiger partial charge in [0, 0.05) is 12.1 Å². The van der Waals surface area contributed by atoms with Crippen molar-refractivity contribution in [1.82, 2.24) is 0 Å². The topological polar surface area (TPSA) is 98.7 Å². The summed E-state index contributed by atoms with van der Waals surface area (Å²) in [4.78, 5) is 21.0.